The molecule has 0 radical (unpaired) electrons. The molecule has 4 rings (SSSR count). The van der Waals surface area contributed by atoms with Gasteiger partial charge in [0.05, 0.1) is 11.1 Å². The molecule has 1 aromatic carbocycles. The maximum Gasteiger partial charge on any atom is 0.261 e. The van der Waals surface area contributed by atoms with Gasteiger partial charge in [-0.15, -0.1) is 0 Å². The number of amides is 4. The van der Waals surface area contributed by atoms with Gasteiger partial charge >= 0.3 is 0 Å². The van der Waals surface area contributed by atoms with E-state index in [1.165, 1.54) is 12.1 Å². The molecule has 8 heteroatoms. The lowest BCUT2D eigenvalue weighted by atomic mass is 10.1. The summed E-state index contributed by atoms with van der Waals surface area (Å²) in [5, 5.41) is 0. The monoisotopic (exact) mass is 384 g/mol. The molecule has 4 amide bonds. The van der Waals surface area contributed by atoms with Gasteiger partial charge in [0, 0.05) is 38.3 Å². The summed E-state index contributed by atoms with van der Waals surface area (Å²) in [6.45, 7) is 2.07. The molecule has 0 spiro atoms. The van der Waals surface area contributed by atoms with Crippen molar-refractivity contribution in [3.8, 4) is 0 Å². The van der Waals surface area contributed by atoms with E-state index in [4.69, 9.17) is 5.73 Å². The molecule has 1 atom stereocenters. The number of nitrogen functional groups attached to an aromatic ring is 1. The van der Waals surface area contributed by atoms with Crippen molar-refractivity contribution in [3.05, 3.63) is 29.3 Å². The minimum Gasteiger partial charge on any atom is -0.399 e. The number of likely N-dealkylation sites (tertiary alicyclic amines) is 2. The summed E-state index contributed by atoms with van der Waals surface area (Å²) in [4.78, 5) is 55.0. The molecule has 0 aliphatic carbocycles. The highest BCUT2D eigenvalue weighted by molar-refractivity contribution is 6.21. The van der Waals surface area contributed by atoms with Crippen molar-refractivity contribution < 1.29 is 19.2 Å². The standard InChI is InChI=1S/C20H24N4O4/c21-13-5-6-14-15(12-13)19(27)24(18(14)26)11-7-17(25)23-10-3-4-16(23)20(28)22-8-1-2-9-22/h5-6,12,16H,1-4,7-11,21H2/t16-/m0/s1. The molecule has 0 saturated carbocycles. The average Bonchev–Trinajstić information content (AvgIpc) is 3.42. The van der Waals surface area contributed by atoms with Gasteiger partial charge in [-0.3, -0.25) is 24.1 Å². The number of anilines is 1. The Hall–Kier alpha value is -2.90. The maximum absolute atomic E-state index is 12.8. The van der Waals surface area contributed by atoms with Crippen molar-refractivity contribution in [1.82, 2.24) is 14.7 Å². The molecule has 2 saturated heterocycles. The van der Waals surface area contributed by atoms with Gasteiger partial charge in [-0.2, -0.15) is 0 Å². The van der Waals surface area contributed by atoms with Gasteiger partial charge in [-0.25, -0.2) is 0 Å². The number of hydrogen-bond acceptors (Lipinski definition) is 5. The highest BCUT2D eigenvalue weighted by Crippen LogP contribution is 2.26. The van der Waals surface area contributed by atoms with Gasteiger partial charge < -0.3 is 15.5 Å². The highest BCUT2D eigenvalue weighted by Gasteiger charge is 2.39. The SMILES string of the molecule is Nc1ccc2c(c1)C(=O)N(CCC(=O)N1CCC[C@H]1C(=O)N1CCCC1)C2=O. The van der Waals surface area contributed by atoms with Crippen LogP contribution in [0.15, 0.2) is 18.2 Å². The number of rotatable bonds is 4. The largest absolute Gasteiger partial charge is 0.399 e. The molecule has 0 bridgehead atoms. The molecule has 8 nitrogen and oxygen atoms in total. The molecule has 2 fully saturated rings. The van der Waals surface area contributed by atoms with Crippen molar-refractivity contribution in [2.45, 2.75) is 38.1 Å². The predicted molar refractivity (Wildman–Crippen MR) is 101 cm³/mol. The zero-order chi connectivity index (χ0) is 19.8. The van der Waals surface area contributed by atoms with E-state index >= 15 is 0 Å². The average molecular weight is 384 g/mol. The van der Waals surface area contributed by atoms with Crippen LogP contribution in [0.3, 0.4) is 0 Å². The van der Waals surface area contributed by atoms with Crippen LogP contribution >= 0.6 is 0 Å². The topological polar surface area (TPSA) is 104 Å². The van der Waals surface area contributed by atoms with Crippen LogP contribution < -0.4 is 5.73 Å². The van der Waals surface area contributed by atoms with Crippen molar-refractivity contribution in [2.75, 3.05) is 31.9 Å². The van der Waals surface area contributed by atoms with Gasteiger partial charge in [0.25, 0.3) is 11.8 Å². The summed E-state index contributed by atoms with van der Waals surface area (Å²) in [6.07, 6.45) is 3.51. The third-order valence-electron chi connectivity index (χ3n) is 5.82. The number of carbonyl (C=O) groups is 4. The number of carbonyl (C=O) groups excluding carboxylic acids is 4. The first kappa shape index (κ1) is 18.5. The molecule has 148 valence electrons. The molecule has 28 heavy (non-hydrogen) atoms. The first-order valence-electron chi connectivity index (χ1n) is 9.81. The Morgan fingerprint density at radius 3 is 2.46 bits per heavy atom. The highest BCUT2D eigenvalue weighted by atomic mass is 16.2. The second-order valence-electron chi connectivity index (χ2n) is 7.59. The molecule has 3 aliphatic rings. The first-order valence-corrected chi connectivity index (χ1v) is 9.81. The number of fused-ring (bicyclic) bond motifs is 1. The molecular weight excluding hydrogens is 360 g/mol. The molecule has 3 heterocycles. The second-order valence-corrected chi connectivity index (χ2v) is 7.59. The summed E-state index contributed by atoms with van der Waals surface area (Å²) in [5.74, 6) is -0.990. The van der Waals surface area contributed by atoms with Crippen LogP contribution in [0.5, 0.6) is 0 Å². The van der Waals surface area contributed by atoms with E-state index in [0.29, 0.717) is 24.2 Å². The third kappa shape index (κ3) is 3.12. The zero-order valence-corrected chi connectivity index (χ0v) is 15.7. The van der Waals surface area contributed by atoms with Crippen LogP contribution in [0.4, 0.5) is 5.69 Å². The lowest BCUT2D eigenvalue weighted by molar-refractivity contribution is -0.143. The van der Waals surface area contributed by atoms with Crippen LogP contribution in [-0.2, 0) is 9.59 Å². The Morgan fingerprint density at radius 1 is 1.00 bits per heavy atom. The minimum atomic E-state index is -0.425. The van der Waals surface area contributed by atoms with Crippen LogP contribution in [0.1, 0.15) is 52.8 Å². The number of hydrogen-bond donors (Lipinski definition) is 1. The Bertz CT molecular complexity index is 847. The lowest BCUT2D eigenvalue weighted by Crippen LogP contribution is -2.47. The number of benzene rings is 1. The summed E-state index contributed by atoms with van der Waals surface area (Å²) in [6, 6.07) is 4.20. The van der Waals surface area contributed by atoms with Gasteiger partial charge in [-0.1, -0.05) is 0 Å². The Kier molecular flexibility index (Phi) is 4.78. The normalized spacial score (nSPS) is 21.6. The third-order valence-corrected chi connectivity index (χ3v) is 5.82. The van der Waals surface area contributed by atoms with Crippen molar-refractivity contribution in [3.63, 3.8) is 0 Å². The molecule has 0 unspecified atom stereocenters. The Morgan fingerprint density at radius 2 is 1.71 bits per heavy atom. The van der Waals surface area contributed by atoms with E-state index < -0.39 is 17.9 Å². The van der Waals surface area contributed by atoms with Crippen LogP contribution in [0.2, 0.25) is 0 Å². The van der Waals surface area contributed by atoms with E-state index in [2.05, 4.69) is 0 Å². The van der Waals surface area contributed by atoms with Gasteiger partial charge in [0.1, 0.15) is 6.04 Å². The fraction of sp³-hybridized carbons (Fsp3) is 0.500. The molecule has 0 aromatic heterocycles. The van der Waals surface area contributed by atoms with Crippen LogP contribution in [-0.4, -0.2) is 70.5 Å². The zero-order valence-electron chi connectivity index (χ0n) is 15.7. The number of nitrogens with two attached hydrogens (primary N) is 1. The van der Waals surface area contributed by atoms with Crippen molar-refractivity contribution >= 4 is 29.3 Å². The smallest absolute Gasteiger partial charge is 0.261 e. The van der Waals surface area contributed by atoms with Crippen molar-refractivity contribution in [1.29, 1.82) is 0 Å². The van der Waals surface area contributed by atoms with Crippen LogP contribution in [0.25, 0.3) is 0 Å². The van der Waals surface area contributed by atoms with Gasteiger partial charge in [0.15, 0.2) is 0 Å². The Balaban J connectivity index is 1.39. The van der Waals surface area contributed by atoms with E-state index in [9.17, 15) is 19.2 Å². The Labute approximate surface area is 163 Å². The molecule has 3 aliphatic heterocycles. The number of imide groups is 1. The van der Waals surface area contributed by atoms with E-state index in [-0.39, 0.29) is 30.3 Å². The predicted octanol–water partition coefficient (Wildman–Crippen LogP) is 0.868. The summed E-state index contributed by atoms with van der Waals surface area (Å²) in [5.41, 5.74) is 6.71. The minimum absolute atomic E-state index is 0.00616. The summed E-state index contributed by atoms with van der Waals surface area (Å²) >= 11 is 0. The molecular formula is C20H24N4O4. The maximum atomic E-state index is 12.8. The van der Waals surface area contributed by atoms with Gasteiger partial charge in [0.2, 0.25) is 11.8 Å². The van der Waals surface area contributed by atoms with Gasteiger partial charge in [-0.05, 0) is 43.9 Å². The first-order chi connectivity index (χ1) is 13.5. The fourth-order valence-electron chi connectivity index (χ4n) is 4.33. The number of nitrogens with zero attached hydrogens (tertiary/aromatic N) is 3. The van der Waals surface area contributed by atoms with Crippen LogP contribution in [0, 0.1) is 0 Å². The molecule has 2 N–H and O–H groups in total. The summed E-state index contributed by atoms with van der Waals surface area (Å²) < 4.78 is 0. The van der Waals surface area contributed by atoms with E-state index in [1.807, 2.05) is 4.90 Å². The summed E-state index contributed by atoms with van der Waals surface area (Å²) in [7, 11) is 0. The van der Waals surface area contributed by atoms with E-state index in [1.54, 1.807) is 11.0 Å². The van der Waals surface area contributed by atoms with Crippen molar-refractivity contribution in [2.24, 2.45) is 0 Å². The fourth-order valence-corrected chi connectivity index (χ4v) is 4.33. The van der Waals surface area contributed by atoms with E-state index in [0.717, 1.165) is 37.3 Å². The molecule has 1 aromatic rings. The lowest BCUT2D eigenvalue weighted by Gasteiger charge is -2.28. The quantitative estimate of drug-likeness (QED) is 0.613. The second kappa shape index (κ2) is 7.26.